The van der Waals surface area contributed by atoms with E-state index in [4.69, 9.17) is 15.7 Å². The van der Waals surface area contributed by atoms with Crippen LogP contribution in [0.1, 0.15) is 39.2 Å². The number of carbonyl (C=O) groups is 1. The molecule has 0 aliphatic rings. The number of nitrogens with one attached hydrogen (secondary N) is 1. The molecule has 1 heterocycles. The minimum absolute atomic E-state index is 0.0162. The van der Waals surface area contributed by atoms with Crippen molar-refractivity contribution in [1.82, 2.24) is 4.98 Å². The van der Waals surface area contributed by atoms with Gasteiger partial charge in [-0.2, -0.15) is 5.26 Å². The van der Waals surface area contributed by atoms with Crippen molar-refractivity contribution in [2.45, 2.75) is 39.7 Å². The summed E-state index contributed by atoms with van der Waals surface area (Å²) >= 11 is 0. The van der Waals surface area contributed by atoms with Crippen LogP contribution >= 0.6 is 0 Å². The van der Waals surface area contributed by atoms with Crippen molar-refractivity contribution in [1.29, 1.82) is 5.26 Å². The summed E-state index contributed by atoms with van der Waals surface area (Å²) in [6.45, 7) is 6.69. The lowest BCUT2D eigenvalue weighted by Gasteiger charge is -2.32. The second-order valence-corrected chi connectivity index (χ2v) is 5.92. The summed E-state index contributed by atoms with van der Waals surface area (Å²) in [6.07, 6.45) is 2.33. The van der Waals surface area contributed by atoms with Crippen molar-refractivity contribution >= 4 is 11.9 Å². The van der Waals surface area contributed by atoms with Crippen LogP contribution in [0.3, 0.4) is 0 Å². The number of nitriles is 1. The highest BCUT2D eigenvalue weighted by Gasteiger charge is 2.24. The molecular formula is C15H22N4O2. The predicted octanol–water partition coefficient (Wildman–Crippen LogP) is 2.66. The van der Waals surface area contributed by atoms with Gasteiger partial charge in [0, 0.05) is 12.2 Å². The molecule has 0 saturated heterocycles. The van der Waals surface area contributed by atoms with Crippen molar-refractivity contribution in [2.75, 3.05) is 11.9 Å². The van der Waals surface area contributed by atoms with Crippen molar-refractivity contribution in [3.8, 4) is 6.07 Å². The maximum absolute atomic E-state index is 10.5. The van der Waals surface area contributed by atoms with Crippen molar-refractivity contribution < 1.29 is 9.53 Å². The number of amides is 1. The highest BCUT2D eigenvalue weighted by Crippen LogP contribution is 2.26. The number of nitrogens with zero attached hydrogens (tertiary/aromatic N) is 2. The maximum Gasteiger partial charge on any atom is 0.404 e. The van der Waals surface area contributed by atoms with E-state index < -0.39 is 6.09 Å². The monoisotopic (exact) mass is 290 g/mol. The molecule has 1 amide bonds. The number of hydrogen-bond acceptors (Lipinski definition) is 5. The van der Waals surface area contributed by atoms with Crippen molar-refractivity contribution in [2.24, 2.45) is 11.1 Å². The van der Waals surface area contributed by atoms with Gasteiger partial charge in [-0.1, -0.05) is 20.8 Å². The number of aromatic nitrogens is 1. The van der Waals surface area contributed by atoms with Crippen LogP contribution in [0.5, 0.6) is 0 Å². The molecule has 1 atom stereocenters. The molecule has 0 aromatic carbocycles. The van der Waals surface area contributed by atoms with Crippen LogP contribution in [-0.4, -0.2) is 23.7 Å². The molecule has 0 aliphatic carbocycles. The topological polar surface area (TPSA) is 101 Å². The van der Waals surface area contributed by atoms with Gasteiger partial charge in [0.05, 0.1) is 12.2 Å². The Balaban J connectivity index is 2.61. The van der Waals surface area contributed by atoms with Crippen LogP contribution in [0.25, 0.3) is 0 Å². The Labute approximate surface area is 125 Å². The predicted molar refractivity (Wildman–Crippen MR) is 80.6 cm³/mol. The quantitative estimate of drug-likeness (QED) is 0.784. The van der Waals surface area contributed by atoms with E-state index in [1.165, 1.54) is 6.20 Å². The van der Waals surface area contributed by atoms with Crippen LogP contribution in [0, 0.1) is 16.7 Å². The average Bonchev–Trinajstić information content (AvgIpc) is 2.41. The molecule has 0 aliphatic heterocycles. The zero-order chi connectivity index (χ0) is 15.9. The molecule has 0 saturated carbocycles. The smallest absolute Gasteiger partial charge is 0.404 e. The fraction of sp³-hybridized carbons (Fsp3) is 0.533. The van der Waals surface area contributed by atoms with Crippen molar-refractivity contribution in [3.63, 3.8) is 0 Å². The molecule has 114 valence electrons. The van der Waals surface area contributed by atoms with Crippen LogP contribution in [0.2, 0.25) is 0 Å². The van der Waals surface area contributed by atoms with E-state index in [2.05, 4.69) is 31.1 Å². The first-order valence-corrected chi connectivity index (χ1v) is 6.88. The van der Waals surface area contributed by atoms with E-state index in [1.54, 1.807) is 12.1 Å². The summed E-state index contributed by atoms with van der Waals surface area (Å²) in [5, 5.41) is 12.1. The number of nitrogens with two attached hydrogens (primary N) is 1. The van der Waals surface area contributed by atoms with Gasteiger partial charge in [0.15, 0.2) is 0 Å². The Morgan fingerprint density at radius 3 is 2.71 bits per heavy atom. The molecule has 21 heavy (non-hydrogen) atoms. The van der Waals surface area contributed by atoms with Gasteiger partial charge in [-0.15, -0.1) is 0 Å². The minimum Gasteiger partial charge on any atom is -0.450 e. The Hall–Kier alpha value is -2.29. The van der Waals surface area contributed by atoms with Gasteiger partial charge in [0.2, 0.25) is 0 Å². The Bertz CT molecular complexity index is 500. The third kappa shape index (κ3) is 6.13. The Morgan fingerprint density at radius 1 is 1.52 bits per heavy atom. The fourth-order valence-corrected chi connectivity index (χ4v) is 1.91. The Kier molecular flexibility index (Phi) is 5.97. The molecule has 1 unspecified atom stereocenters. The summed E-state index contributed by atoms with van der Waals surface area (Å²) in [7, 11) is 0. The molecule has 3 N–H and O–H groups in total. The van der Waals surface area contributed by atoms with E-state index in [9.17, 15) is 4.79 Å². The first kappa shape index (κ1) is 16.8. The molecule has 0 fully saturated rings. The minimum atomic E-state index is -0.746. The van der Waals surface area contributed by atoms with Crippen LogP contribution in [0.4, 0.5) is 10.6 Å². The van der Waals surface area contributed by atoms with Gasteiger partial charge in [0.25, 0.3) is 0 Å². The van der Waals surface area contributed by atoms with Gasteiger partial charge >= 0.3 is 6.09 Å². The second kappa shape index (κ2) is 7.48. The van der Waals surface area contributed by atoms with Crippen LogP contribution in [0.15, 0.2) is 18.3 Å². The maximum atomic E-state index is 10.5. The lowest BCUT2D eigenvalue weighted by atomic mass is 9.84. The van der Waals surface area contributed by atoms with E-state index in [1.807, 2.05) is 6.07 Å². The number of primary amides is 1. The largest absolute Gasteiger partial charge is 0.450 e. The van der Waals surface area contributed by atoms with Gasteiger partial charge in [0.1, 0.15) is 11.9 Å². The highest BCUT2D eigenvalue weighted by atomic mass is 16.5. The van der Waals surface area contributed by atoms with Crippen molar-refractivity contribution in [3.05, 3.63) is 23.9 Å². The standard InChI is InChI=1S/C15H22N4O2/c1-15(2,3)12(5-4-8-21-14(17)20)19-13-7-6-11(9-16)10-18-13/h6-7,10,12H,4-5,8H2,1-3H3,(H2,17,20)(H,18,19). The van der Waals surface area contributed by atoms with E-state index in [0.29, 0.717) is 18.6 Å². The summed E-state index contributed by atoms with van der Waals surface area (Å²) in [5.41, 5.74) is 5.48. The molecule has 1 rings (SSSR count). The molecule has 0 spiro atoms. The number of ether oxygens (including phenoxy) is 1. The third-order valence-corrected chi connectivity index (χ3v) is 3.14. The molecule has 0 radical (unpaired) electrons. The number of anilines is 1. The molecular weight excluding hydrogens is 268 g/mol. The zero-order valence-electron chi connectivity index (χ0n) is 12.7. The summed E-state index contributed by atoms with van der Waals surface area (Å²) in [6, 6.07) is 5.72. The van der Waals surface area contributed by atoms with Gasteiger partial charge in [-0.05, 0) is 30.4 Å². The van der Waals surface area contributed by atoms with Crippen LogP contribution < -0.4 is 11.1 Å². The average molecular weight is 290 g/mol. The zero-order valence-corrected chi connectivity index (χ0v) is 12.7. The summed E-state index contributed by atoms with van der Waals surface area (Å²) < 4.78 is 4.74. The lowest BCUT2D eigenvalue weighted by molar-refractivity contribution is 0.152. The first-order valence-electron chi connectivity index (χ1n) is 6.88. The first-order chi connectivity index (χ1) is 9.82. The second-order valence-electron chi connectivity index (χ2n) is 5.92. The van der Waals surface area contributed by atoms with Crippen LogP contribution in [-0.2, 0) is 4.74 Å². The SMILES string of the molecule is CC(C)(C)C(CCCOC(N)=O)Nc1ccc(C#N)cn1. The highest BCUT2D eigenvalue weighted by molar-refractivity contribution is 5.64. The number of pyridine rings is 1. The van der Waals surface area contributed by atoms with Gasteiger partial charge in [-0.25, -0.2) is 9.78 Å². The number of rotatable bonds is 6. The number of hydrogen-bond donors (Lipinski definition) is 2. The normalized spacial score (nSPS) is 12.3. The number of carbonyl (C=O) groups excluding carboxylic acids is 1. The van der Waals surface area contributed by atoms with Gasteiger partial charge < -0.3 is 15.8 Å². The molecule has 6 heteroatoms. The van der Waals surface area contributed by atoms with Gasteiger partial charge in [-0.3, -0.25) is 0 Å². The lowest BCUT2D eigenvalue weighted by Crippen LogP contribution is -2.34. The van der Waals surface area contributed by atoms with E-state index in [0.717, 1.165) is 12.2 Å². The fourth-order valence-electron chi connectivity index (χ4n) is 1.91. The summed E-state index contributed by atoms with van der Waals surface area (Å²) in [5.74, 6) is 0.727. The van der Waals surface area contributed by atoms with E-state index >= 15 is 0 Å². The Morgan fingerprint density at radius 2 is 2.24 bits per heavy atom. The molecule has 6 nitrogen and oxygen atoms in total. The third-order valence-electron chi connectivity index (χ3n) is 3.14. The molecule has 1 aromatic heterocycles. The molecule has 0 bridgehead atoms. The summed E-state index contributed by atoms with van der Waals surface area (Å²) in [4.78, 5) is 14.8. The van der Waals surface area contributed by atoms with E-state index in [-0.39, 0.29) is 11.5 Å². The molecule has 1 aromatic rings.